The van der Waals surface area contributed by atoms with Gasteiger partial charge in [-0.05, 0) is 32.4 Å². The number of carbonyl (C=O) groups is 1. The van der Waals surface area contributed by atoms with Crippen LogP contribution in [0.3, 0.4) is 0 Å². The lowest BCUT2D eigenvalue weighted by Gasteiger charge is -2.37. The Morgan fingerprint density at radius 2 is 1.71 bits per heavy atom. The van der Waals surface area contributed by atoms with E-state index in [2.05, 4.69) is 32.1 Å². The van der Waals surface area contributed by atoms with Crippen molar-refractivity contribution < 1.29 is 9.53 Å². The highest BCUT2D eigenvalue weighted by Gasteiger charge is 2.24. The van der Waals surface area contributed by atoms with Gasteiger partial charge in [0.1, 0.15) is 6.54 Å². The molecule has 31 heavy (non-hydrogen) atoms. The minimum absolute atomic E-state index is 0.113. The number of benzene rings is 1. The van der Waals surface area contributed by atoms with E-state index in [4.69, 9.17) is 4.74 Å². The number of methoxy groups -OCH3 is 1. The summed E-state index contributed by atoms with van der Waals surface area (Å²) in [6.45, 7) is 9.25. The van der Waals surface area contributed by atoms with Crippen LogP contribution in [0.1, 0.15) is 17.0 Å². The molecule has 3 heterocycles. The molecule has 1 fully saturated rings. The van der Waals surface area contributed by atoms with Crippen LogP contribution in [0.4, 0.5) is 5.69 Å². The highest BCUT2D eigenvalue weighted by atomic mass is 16.5. The van der Waals surface area contributed by atoms with Crippen molar-refractivity contribution in [3.05, 3.63) is 53.6 Å². The summed E-state index contributed by atoms with van der Waals surface area (Å²) >= 11 is 0. The third-order valence-electron chi connectivity index (χ3n) is 6.03. The van der Waals surface area contributed by atoms with Crippen LogP contribution in [0.2, 0.25) is 0 Å². The van der Waals surface area contributed by atoms with E-state index < -0.39 is 0 Å². The molecule has 8 heteroatoms. The van der Waals surface area contributed by atoms with Gasteiger partial charge >= 0.3 is 6.01 Å². The van der Waals surface area contributed by atoms with Gasteiger partial charge in [0.2, 0.25) is 5.91 Å². The first-order valence-electron chi connectivity index (χ1n) is 10.5. The van der Waals surface area contributed by atoms with E-state index in [-0.39, 0.29) is 5.91 Å². The number of nitrogens with zero attached hydrogens (tertiary/aromatic N) is 6. The number of hydrogen-bond acceptors (Lipinski definition) is 6. The Morgan fingerprint density at radius 1 is 1.03 bits per heavy atom. The smallest absolute Gasteiger partial charge is 0.316 e. The van der Waals surface area contributed by atoms with Gasteiger partial charge in [0.15, 0.2) is 0 Å². The van der Waals surface area contributed by atoms with Gasteiger partial charge in [0.25, 0.3) is 0 Å². The molecule has 0 unspecified atom stereocenters. The molecule has 162 valence electrons. The zero-order valence-corrected chi connectivity index (χ0v) is 18.5. The molecule has 2 aromatic heterocycles. The second-order valence-electron chi connectivity index (χ2n) is 7.80. The maximum Gasteiger partial charge on any atom is 0.316 e. The van der Waals surface area contributed by atoms with Crippen molar-refractivity contribution in [2.24, 2.45) is 0 Å². The van der Waals surface area contributed by atoms with Gasteiger partial charge in [-0.15, -0.1) is 0 Å². The van der Waals surface area contributed by atoms with Gasteiger partial charge in [-0.25, -0.2) is 9.97 Å². The van der Waals surface area contributed by atoms with E-state index in [1.54, 1.807) is 19.5 Å². The molecule has 0 aliphatic carbocycles. The molecule has 0 atom stereocenters. The monoisotopic (exact) mass is 420 g/mol. The number of aryl methyl sites for hydroxylation is 1. The largest absolute Gasteiger partial charge is 0.467 e. The van der Waals surface area contributed by atoms with Crippen LogP contribution in [-0.4, -0.2) is 63.8 Å². The molecule has 1 aromatic carbocycles. The summed E-state index contributed by atoms with van der Waals surface area (Å²) in [6, 6.07) is 8.58. The molecule has 8 nitrogen and oxygen atoms in total. The van der Waals surface area contributed by atoms with Crippen molar-refractivity contribution in [2.75, 3.05) is 38.2 Å². The van der Waals surface area contributed by atoms with Crippen molar-refractivity contribution >= 4 is 11.6 Å². The molecular formula is C23H28N6O2. The van der Waals surface area contributed by atoms with Crippen LogP contribution in [-0.2, 0) is 11.3 Å². The number of amides is 1. The van der Waals surface area contributed by atoms with Crippen LogP contribution in [0, 0.1) is 20.8 Å². The summed E-state index contributed by atoms with van der Waals surface area (Å²) in [5.74, 6) is 0.113. The topological polar surface area (TPSA) is 76.4 Å². The zero-order valence-electron chi connectivity index (χ0n) is 18.5. The second-order valence-corrected chi connectivity index (χ2v) is 7.80. The quantitative estimate of drug-likeness (QED) is 0.632. The third kappa shape index (κ3) is 4.23. The molecule has 1 saturated heterocycles. The summed E-state index contributed by atoms with van der Waals surface area (Å²) in [6.07, 6.45) is 3.56. The highest BCUT2D eigenvalue weighted by Crippen LogP contribution is 2.31. The third-order valence-corrected chi connectivity index (χ3v) is 6.03. The van der Waals surface area contributed by atoms with Gasteiger partial charge in [0.05, 0.1) is 12.8 Å². The molecule has 4 rings (SSSR count). The van der Waals surface area contributed by atoms with Crippen molar-refractivity contribution in [3.8, 4) is 17.1 Å². The average molecular weight is 421 g/mol. The fraction of sp³-hybridized carbons (Fsp3) is 0.391. The van der Waals surface area contributed by atoms with E-state index >= 15 is 0 Å². The molecule has 0 spiro atoms. The van der Waals surface area contributed by atoms with Gasteiger partial charge in [-0.1, -0.05) is 18.2 Å². The fourth-order valence-electron chi connectivity index (χ4n) is 3.92. The van der Waals surface area contributed by atoms with Crippen molar-refractivity contribution in [2.45, 2.75) is 27.3 Å². The maximum absolute atomic E-state index is 12.9. The number of rotatable bonds is 5. The van der Waals surface area contributed by atoms with Crippen LogP contribution >= 0.6 is 0 Å². The van der Waals surface area contributed by atoms with Crippen LogP contribution < -0.4 is 9.64 Å². The first-order chi connectivity index (χ1) is 15.0. The number of para-hydroxylation sites is 1. The lowest BCUT2D eigenvalue weighted by molar-refractivity contribution is -0.132. The Balaban J connectivity index is 1.44. The number of hydrogen-bond donors (Lipinski definition) is 0. The number of aromatic nitrogens is 4. The molecule has 0 saturated carbocycles. The van der Waals surface area contributed by atoms with E-state index in [9.17, 15) is 4.79 Å². The molecule has 0 bridgehead atoms. The van der Waals surface area contributed by atoms with E-state index in [0.717, 1.165) is 46.9 Å². The van der Waals surface area contributed by atoms with Gasteiger partial charge in [0, 0.05) is 61.1 Å². The molecular weight excluding hydrogens is 392 g/mol. The first kappa shape index (κ1) is 20.8. The number of ether oxygens (including phenoxy) is 1. The Kier molecular flexibility index (Phi) is 5.88. The molecule has 1 aliphatic heterocycles. The minimum Gasteiger partial charge on any atom is -0.467 e. The van der Waals surface area contributed by atoms with E-state index in [1.165, 1.54) is 0 Å². The maximum atomic E-state index is 12.9. The standard InChI is InChI=1S/C23H28N6O2/c1-16-17(2)26-29(18(16)3)15-22(30)28-11-9-27(10-12-28)21-8-6-5-7-20(21)19-13-24-23(31-4)25-14-19/h5-8,13-14H,9-12,15H2,1-4H3. The highest BCUT2D eigenvalue weighted by molar-refractivity contribution is 5.79. The molecule has 3 aromatic rings. The predicted molar refractivity (Wildman–Crippen MR) is 119 cm³/mol. The average Bonchev–Trinajstić information content (AvgIpc) is 3.05. The summed E-state index contributed by atoms with van der Waals surface area (Å²) < 4.78 is 6.89. The Bertz CT molecular complexity index is 1070. The van der Waals surface area contributed by atoms with Crippen molar-refractivity contribution in [1.29, 1.82) is 0 Å². The van der Waals surface area contributed by atoms with Gasteiger partial charge < -0.3 is 14.5 Å². The molecule has 0 N–H and O–H groups in total. The molecule has 0 radical (unpaired) electrons. The Morgan fingerprint density at radius 3 is 2.32 bits per heavy atom. The van der Waals surface area contributed by atoms with E-state index in [1.807, 2.05) is 42.5 Å². The minimum atomic E-state index is 0.113. The number of piperazine rings is 1. The summed E-state index contributed by atoms with van der Waals surface area (Å²) in [5, 5.41) is 4.50. The molecule has 1 amide bonds. The lowest BCUT2D eigenvalue weighted by atomic mass is 10.1. The summed E-state index contributed by atoms with van der Waals surface area (Å²) in [5.41, 5.74) is 6.32. The van der Waals surface area contributed by atoms with Crippen molar-refractivity contribution in [1.82, 2.24) is 24.6 Å². The Hall–Kier alpha value is -3.42. The first-order valence-corrected chi connectivity index (χ1v) is 10.5. The Labute approximate surface area is 182 Å². The number of anilines is 1. The van der Waals surface area contributed by atoms with Gasteiger partial charge in [-0.2, -0.15) is 5.10 Å². The zero-order chi connectivity index (χ0) is 22.0. The van der Waals surface area contributed by atoms with Crippen molar-refractivity contribution in [3.63, 3.8) is 0 Å². The van der Waals surface area contributed by atoms with E-state index in [0.29, 0.717) is 25.6 Å². The normalized spacial score (nSPS) is 14.1. The second kappa shape index (κ2) is 8.75. The van der Waals surface area contributed by atoms with Crippen LogP contribution in [0.5, 0.6) is 6.01 Å². The molecule has 1 aliphatic rings. The van der Waals surface area contributed by atoms with Gasteiger partial charge in [-0.3, -0.25) is 9.48 Å². The lowest BCUT2D eigenvalue weighted by Crippen LogP contribution is -2.49. The summed E-state index contributed by atoms with van der Waals surface area (Å²) in [4.78, 5) is 25.6. The van der Waals surface area contributed by atoms with Crippen LogP contribution in [0.15, 0.2) is 36.7 Å². The predicted octanol–water partition coefficient (Wildman–Crippen LogP) is 2.62. The summed E-state index contributed by atoms with van der Waals surface area (Å²) in [7, 11) is 1.56. The van der Waals surface area contributed by atoms with Crippen LogP contribution in [0.25, 0.3) is 11.1 Å². The SMILES string of the molecule is COc1ncc(-c2ccccc2N2CCN(C(=O)Cn3nc(C)c(C)c3C)CC2)cn1. The number of carbonyl (C=O) groups excluding carboxylic acids is 1. The fourth-order valence-corrected chi connectivity index (χ4v) is 3.92.